The first kappa shape index (κ1) is 16.1. The molecule has 1 unspecified atom stereocenters. The third kappa shape index (κ3) is 3.42. The maximum Gasteiger partial charge on any atom is 0.243 e. The van der Waals surface area contributed by atoms with Crippen LogP contribution < -0.4 is 0 Å². The Balaban J connectivity index is 1.76. The van der Waals surface area contributed by atoms with E-state index >= 15 is 0 Å². The topological polar surface area (TPSA) is 50.5 Å². The number of thioether (sulfide) groups is 1. The van der Waals surface area contributed by atoms with E-state index in [1.165, 1.54) is 0 Å². The number of rotatable bonds is 3. The zero-order valence-electron chi connectivity index (χ0n) is 11.8. The average molecular weight is 402 g/mol. The second-order valence-corrected chi connectivity index (χ2v) is 9.19. The molecule has 22 heavy (non-hydrogen) atoms. The van der Waals surface area contributed by atoms with Crippen LogP contribution in [0.25, 0.3) is 0 Å². The van der Waals surface area contributed by atoms with E-state index in [0.29, 0.717) is 18.0 Å². The van der Waals surface area contributed by atoms with Gasteiger partial charge in [-0.3, -0.25) is 0 Å². The van der Waals surface area contributed by atoms with Crippen LogP contribution in [0.2, 0.25) is 0 Å². The van der Waals surface area contributed by atoms with E-state index in [2.05, 4.69) is 15.9 Å². The molecule has 0 spiro atoms. The van der Waals surface area contributed by atoms with Crippen molar-refractivity contribution in [3.8, 4) is 0 Å². The fourth-order valence-electron chi connectivity index (χ4n) is 2.45. The van der Waals surface area contributed by atoms with Crippen LogP contribution in [0, 0.1) is 0 Å². The highest BCUT2D eigenvalue weighted by atomic mass is 79.9. The largest absolute Gasteiger partial charge is 0.468 e. The smallest absolute Gasteiger partial charge is 0.243 e. The third-order valence-electron chi connectivity index (χ3n) is 3.61. The fraction of sp³-hybridized carbons (Fsp3) is 0.333. The van der Waals surface area contributed by atoms with E-state index in [1.54, 1.807) is 46.6 Å². The average Bonchev–Trinajstić information content (AvgIpc) is 2.92. The number of sulfonamides is 1. The summed E-state index contributed by atoms with van der Waals surface area (Å²) < 4.78 is 33.3. The summed E-state index contributed by atoms with van der Waals surface area (Å²) in [6, 6.07) is 10.6. The van der Waals surface area contributed by atoms with Crippen molar-refractivity contribution in [1.29, 1.82) is 0 Å². The van der Waals surface area contributed by atoms with E-state index in [9.17, 15) is 8.42 Å². The first-order chi connectivity index (χ1) is 10.6. The van der Waals surface area contributed by atoms with Crippen molar-refractivity contribution >= 4 is 37.7 Å². The molecular weight excluding hydrogens is 386 g/mol. The summed E-state index contributed by atoms with van der Waals surface area (Å²) in [7, 11) is -3.43. The quantitative estimate of drug-likeness (QED) is 0.781. The van der Waals surface area contributed by atoms with E-state index in [1.807, 2.05) is 12.1 Å². The van der Waals surface area contributed by atoms with Crippen molar-refractivity contribution < 1.29 is 12.8 Å². The van der Waals surface area contributed by atoms with Crippen LogP contribution >= 0.6 is 27.7 Å². The van der Waals surface area contributed by atoms with Gasteiger partial charge in [0.15, 0.2) is 0 Å². The van der Waals surface area contributed by atoms with Crippen molar-refractivity contribution in [2.24, 2.45) is 0 Å². The lowest BCUT2D eigenvalue weighted by atomic mass is 10.2. The molecule has 0 aliphatic carbocycles. The Morgan fingerprint density at radius 2 is 1.95 bits per heavy atom. The maximum atomic E-state index is 12.7. The second-order valence-electron chi connectivity index (χ2n) is 5.02. The number of hydrogen-bond acceptors (Lipinski definition) is 4. The van der Waals surface area contributed by atoms with Crippen LogP contribution in [0.1, 0.15) is 17.4 Å². The van der Waals surface area contributed by atoms with E-state index in [0.717, 1.165) is 22.4 Å². The van der Waals surface area contributed by atoms with Crippen LogP contribution in [-0.2, 0) is 10.0 Å². The van der Waals surface area contributed by atoms with E-state index in [-0.39, 0.29) is 5.25 Å². The van der Waals surface area contributed by atoms with E-state index in [4.69, 9.17) is 4.42 Å². The van der Waals surface area contributed by atoms with Crippen LogP contribution in [0.3, 0.4) is 0 Å². The molecule has 1 aliphatic heterocycles. The minimum absolute atomic E-state index is 0.222. The molecule has 4 nitrogen and oxygen atoms in total. The molecule has 0 amide bonds. The van der Waals surface area contributed by atoms with Gasteiger partial charge in [0, 0.05) is 23.3 Å². The molecule has 0 N–H and O–H groups in total. The minimum Gasteiger partial charge on any atom is -0.468 e. The number of halogens is 1. The van der Waals surface area contributed by atoms with E-state index < -0.39 is 10.0 Å². The highest BCUT2D eigenvalue weighted by molar-refractivity contribution is 9.10. The Kier molecular flexibility index (Phi) is 4.97. The van der Waals surface area contributed by atoms with Gasteiger partial charge >= 0.3 is 0 Å². The van der Waals surface area contributed by atoms with Gasteiger partial charge in [-0.25, -0.2) is 8.42 Å². The number of nitrogens with zero attached hydrogens (tertiary/aromatic N) is 1. The molecule has 0 saturated carbocycles. The summed E-state index contributed by atoms with van der Waals surface area (Å²) in [6.45, 7) is 1.04. The van der Waals surface area contributed by atoms with Crippen molar-refractivity contribution in [3.63, 3.8) is 0 Å². The van der Waals surface area contributed by atoms with Gasteiger partial charge in [-0.15, -0.1) is 11.8 Å². The second kappa shape index (κ2) is 6.78. The Bertz CT molecular complexity index is 714. The molecule has 0 bridgehead atoms. The molecular formula is C15H16BrNO3S2. The Hall–Kier alpha value is -0.760. The molecule has 3 rings (SSSR count). The van der Waals surface area contributed by atoms with Crippen molar-refractivity contribution in [1.82, 2.24) is 4.31 Å². The number of hydrogen-bond donors (Lipinski definition) is 0. The molecule has 1 saturated heterocycles. The molecule has 1 aromatic heterocycles. The lowest BCUT2D eigenvalue weighted by Crippen LogP contribution is -2.33. The third-order valence-corrected chi connectivity index (χ3v) is 7.34. The summed E-state index contributed by atoms with van der Waals surface area (Å²) in [5, 5.41) is 0.222. The monoisotopic (exact) mass is 401 g/mol. The lowest BCUT2D eigenvalue weighted by Gasteiger charge is -2.19. The molecule has 1 aromatic carbocycles. The molecule has 7 heteroatoms. The first-order valence-electron chi connectivity index (χ1n) is 6.98. The van der Waals surface area contributed by atoms with Crippen LogP contribution in [0.5, 0.6) is 0 Å². The minimum atomic E-state index is -3.43. The maximum absolute atomic E-state index is 12.7. The van der Waals surface area contributed by atoms with Crippen LogP contribution in [-0.4, -0.2) is 31.6 Å². The Morgan fingerprint density at radius 1 is 1.18 bits per heavy atom. The summed E-state index contributed by atoms with van der Waals surface area (Å²) >= 11 is 5.08. The Labute approximate surface area is 143 Å². The van der Waals surface area contributed by atoms with Crippen LogP contribution in [0.4, 0.5) is 0 Å². The SMILES string of the molecule is O=S(=O)(c1ccc(Br)cc1)N1CCSC(c2ccco2)CC1. The van der Waals surface area contributed by atoms with Gasteiger partial charge in [-0.05, 0) is 42.8 Å². The standard InChI is InChI=1S/C15H16BrNO3S2/c16-12-3-5-13(6-4-12)22(18,19)17-8-7-15(21-11-9-17)14-2-1-10-20-14/h1-6,10,15H,7-9,11H2. The van der Waals surface area contributed by atoms with Crippen LogP contribution in [0.15, 0.2) is 56.4 Å². The van der Waals surface area contributed by atoms with Gasteiger partial charge in [-0.1, -0.05) is 15.9 Å². The van der Waals surface area contributed by atoms with Gasteiger partial charge in [-0.2, -0.15) is 4.31 Å². The summed E-state index contributed by atoms with van der Waals surface area (Å²) in [5.74, 6) is 1.69. The van der Waals surface area contributed by atoms with Crippen molar-refractivity contribution in [3.05, 3.63) is 52.9 Å². The molecule has 118 valence electrons. The number of benzene rings is 1. The van der Waals surface area contributed by atoms with Gasteiger partial charge < -0.3 is 4.42 Å². The molecule has 2 heterocycles. The number of furan rings is 1. The highest BCUT2D eigenvalue weighted by Crippen LogP contribution is 2.35. The molecule has 0 radical (unpaired) electrons. The predicted molar refractivity (Wildman–Crippen MR) is 91.4 cm³/mol. The lowest BCUT2D eigenvalue weighted by molar-refractivity contribution is 0.417. The fourth-order valence-corrected chi connectivity index (χ4v) is 5.46. The highest BCUT2D eigenvalue weighted by Gasteiger charge is 2.29. The zero-order chi connectivity index (χ0) is 15.6. The first-order valence-corrected chi connectivity index (χ1v) is 10.3. The van der Waals surface area contributed by atoms with Crippen molar-refractivity contribution in [2.45, 2.75) is 16.6 Å². The van der Waals surface area contributed by atoms with Gasteiger partial charge in [0.1, 0.15) is 5.76 Å². The molecule has 2 aromatic rings. The zero-order valence-corrected chi connectivity index (χ0v) is 15.0. The Morgan fingerprint density at radius 3 is 2.64 bits per heavy atom. The molecule has 1 aliphatic rings. The summed E-state index contributed by atoms with van der Waals surface area (Å²) in [6.07, 6.45) is 2.42. The predicted octanol–water partition coefficient (Wildman–Crippen LogP) is 3.91. The van der Waals surface area contributed by atoms with Gasteiger partial charge in [0.25, 0.3) is 0 Å². The normalized spacial score (nSPS) is 20.7. The molecule has 1 fully saturated rings. The summed E-state index contributed by atoms with van der Waals surface area (Å²) in [5.41, 5.74) is 0. The van der Waals surface area contributed by atoms with Gasteiger partial charge in [0.2, 0.25) is 10.0 Å². The molecule has 1 atom stereocenters. The summed E-state index contributed by atoms with van der Waals surface area (Å²) in [4.78, 5) is 0.345. The van der Waals surface area contributed by atoms with Gasteiger partial charge in [0.05, 0.1) is 16.4 Å². The van der Waals surface area contributed by atoms with Crippen molar-refractivity contribution in [2.75, 3.05) is 18.8 Å².